The highest BCUT2D eigenvalue weighted by Crippen LogP contribution is 2.39. The molecule has 2 aromatic heterocycles. The maximum absolute atomic E-state index is 13.1. The number of fused-ring (bicyclic) bond motifs is 1. The molecule has 13 nitrogen and oxygen atoms in total. The van der Waals surface area contributed by atoms with Crippen molar-refractivity contribution in [3.8, 4) is 17.0 Å². The SMILES string of the molecule is COc1cc(N(C)CCN(C)C)c([N+](=O)[O-])cc1Nc1ncc(C(=O)OC2CNC2)c(-c2c[nH]c3ccccc23)n1. The van der Waals surface area contributed by atoms with Crippen molar-refractivity contribution in [1.29, 1.82) is 0 Å². The van der Waals surface area contributed by atoms with E-state index < -0.39 is 10.9 Å². The molecule has 1 aliphatic heterocycles. The van der Waals surface area contributed by atoms with E-state index in [4.69, 9.17) is 9.47 Å². The van der Waals surface area contributed by atoms with Crippen molar-refractivity contribution < 1.29 is 19.2 Å². The number of benzene rings is 2. The van der Waals surface area contributed by atoms with Crippen LogP contribution in [0.25, 0.3) is 22.2 Å². The number of nitrogens with zero attached hydrogens (tertiary/aromatic N) is 5. The Bertz CT molecular complexity index is 1580. The van der Waals surface area contributed by atoms with Crippen LogP contribution in [0.3, 0.4) is 0 Å². The minimum atomic E-state index is -0.526. The molecule has 13 heteroatoms. The second-order valence-electron chi connectivity index (χ2n) is 10.0. The van der Waals surface area contributed by atoms with E-state index >= 15 is 0 Å². The van der Waals surface area contributed by atoms with Crippen molar-refractivity contribution >= 4 is 39.9 Å². The lowest BCUT2D eigenvalue weighted by Gasteiger charge is -2.26. The highest BCUT2D eigenvalue weighted by molar-refractivity contribution is 6.02. The van der Waals surface area contributed by atoms with Gasteiger partial charge < -0.3 is 34.9 Å². The van der Waals surface area contributed by atoms with Gasteiger partial charge in [0.2, 0.25) is 5.95 Å². The van der Waals surface area contributed by atoms with Crippen molar-refractivity contribution in [3.63, 3.8) is 0 Å². The lowest BCUT2D eigenvalue weighted by atomic mass is 10.1. The van der Waals surface area contributed by atoms with Crippen LogP contribution in [0.2, 0.25) is 0 Å². The summed E-state index contributed by atoms with van der Waals surface area (Å²) in [5.41, 5.74) is 2.78. The van der Waals surface area contributed by atoms with E-state index in [0.717, 1.165) is 10.9 Å². The Balaban J connectivity index is 1.54. The predicted octanol–water partition coefficient (Wildman–Crippen LogP) is 3.41. The topological polar surface area (TPSA) is 151 Å². The zero-order valence-corrected chi connectivity index (χ0v) is 23.3. The van der Waals surface area contributed by atoms with Gasteiger partial charge in [0.05, 0.1) is 23.4 Å². The molecule has 5 rings (SSSR count). The molecule has 3 N–H and O–H groups in total. The number of H-pyrrole nitrogens is 1. The predicted molar refractivity (Wildman–Crippen MR) is 156 cm³/mol. The van der Waals surface area contributed by atoms with Crippen molar-refractivity contribution in [2.75, 3.05) is 64.6 Å². The molecule has 1 fully saturated rings. The maximum atomic E-state index is 13.1. The van der Waals surface area contributed by atoms with Crippen LogP contribution < -0.4 is 20.3 Å². The van der Waals surface area contributed by atoms with Crippen molar-refractivity contribution in [2.24, 2.45) is 0 Å². The molecule has 0 bridgehead atoms. The average molecular weight is 561 g/mol. The van der Waals surface area contributed by atoms with E-state index in [1.54, 1.807) is 19.3 Å². The highest BCUT2D eigenvalue weighted by atomic mass is 16.6. The molecule has 0 atom stereocenters. The Kier molecular flexibility index (Phi) is 7.99. The van der Waals surface area contributed by atoms with Gasteiger partial charge in [-0.05, 0) is 20.2 Å². The molecule has 1 saturated heterocycles. The molecule has 0 saturated carbocycles. The maximum Gasteiger partial charge on any atom is 0.342 e. The fourth-order valence-electron chi connectivity index (χ4n) is 4.49. The second-order valence-corrected chi connectivity index (χ2v) is 10.0. The molecule has 3 heterocycles. The fraction of sp³-hybridized carbons (Fsp3) is 0.321. The number of carbonyl (C=O) groups excluding carboxylic acids is 1. The summed E-state index contributed by atoms with van der Waals surface area (Å²) >= 11 is 0. The quantitative estimate of drug-likeness (QED) is 0.141. The zero-order valence-electron chi connectivity index (χ0n) is 23.3. The van der Waals surface area contributed by atoms with E-state index in [9.17, 15) is 14.9 Å². The minimum Gasteiger partial charge on any atom is -0.494 e. The molecule has 2 aromatic carbocycles. The molecule has 1 aliphatic rings. The summed E-state index contributed by atoms with van der Waals surface area (Å²) < 4.78 is 11.2. The van der Waals surface area contributed by atoms with Gasteiger partial charge in [-0.15, -0.1) is 0 Å². The summed E-state index contributed by atoms with van der Waals surface area (Å²) in [5, 5.41) is 19.1. The van der Waals surface area contributed by atoms with E-state index in [-0.39, 0.29) is 23.3 Å². The van der Waals surface area contributed by atoms with Gasteiger partial charge in [-0.25, -0.2) is 14.8 Å². The van der Waals surface area contributed by atoms with Crippen molar-refractivity contribution in [3.05, 3.63) is 64.5 Å². The van der Waals surface area contributed by atoms with Crippen molar-refractivity contribution in [1.82, 2.24) is 25.2 Å². The third kappa shape index (κ3) is 5.90. The van der Waals surface area contributed by atoms with Crippen LogP contribution in [0.1, 0.15) is 10.4 Å². The van der Waals surface area contributed by atoms with Crippen LogP contribution in [-0.4, -0.2) is 91.3 Å². The number of nitro groups is 1. The highest BCUT2D eigenvalue weighted by Gasteiger charge is 2.27. The molecule has 0 unspecified atom stereocenters. The van der Waals surface area contributed by atoms with Crippen LogP contribution in [0.5, 0.6) is 5.75 Å². The molecule has 0 radical (unpaired) electrons. The molecule has 41 heavy (non-hydrogen) atoms. The van der Waals surface area contributed by atoms with Crippen LogP contribution in [0.4, 0.5) is 23.0 Å². The van der Waals surface area contributed by atoms with Crippen LogP contribution >= 0.6 is 0 Å². The van der Waals surface area contributed by atoms with E-state index in [0.29, 0.717) is 54.6 Å². The minimum absolute atomic E-state index is 0.0966. The summed E-state index contributed by atoms with van der Waals surface area (Å²) in [6.45, 7) is 2.48. The van der Waals surface area contributed by atoms with Gasteiger partial charge in [0.1, 0.15) is 23.1 Å². The lowest BCUT2D eigenvalue weighted by molar-refractivity contribution is -0.384. The van der Waals surface area contributed by atoms with Gasteiger partial charge >= 0.3 is 5.97 Å². The number of carbonyl (C=O) groups is 1. The molecular weight excluding hydrogens is 528 g/mol. The van der Waals surface area contributed by atoms with Gasteiger partial charge in [-0.3, -0.25) is 10.1 Å². The van der Waals surface area contributed by atoms with Gasteiger partial charge in [0.15, 0.2) is 0 Å². The number of aromatic nitrogens is 3. The number of likely N-dealkylation sites (N-methyl/N-ethyl adjacent to an activating group) is 2. The first-order valence-corrected chi connectivity index (χ1v) is 13.1. The number of ether oxygens (including phenoxy) is 2. The third-order valence-corrected chi connectivity index (χ3v) is 6.90. The van der Waals surface area contributed by atoms with Gasteiger partial charge in [0, 0.05) is 74.2 Å². The molecule has 0 aliphatic carbocycles. The second kappa shape index (κ2) is 11.8. The standard InChI is InChI=1S/C28H32N8O5/c1-34(2)9-10-35(3)23-12-25(40-4)22(11-24(23)36(38)39)32-28-31-16-20(27(37)41-17-13-29-14-17)26(33-28)19-15-30-21-8-6-5-7-18(19)21/h5-8,11-12,15-17,29-30H,9-10,13-14H2,1-4H3,(H,31,32,33). The van der Waals surface area contributed by atoms with E-state index in [1.165, 1.54) is 19.4 Å². The zero-order chi connectivity index (χ0) is 29.1. The number of nitro benzene ring substituents is 1. The fourth-order valence-corrected chi connectivity index (χ4v) is 4.49. The summed E-state index contributed by atoms with van der Waals surface area (Å²) in [6.07, 6.45) is 2.98. The number of rotatable bonds is 11. The van der Waals surface area contributed by atoms with E-state index in [2.05, 4.69) is 25.6 Å². The van der Waals surface area contributed by atoms with Gasteiger partial charge in [-0.2, -0.15) is 0 Å². The molecule has 0 spiro atoms. The summed E-state index contributed by atoms with van der Waals surface area (Å²) in [5.74, 6) is -0.0179. The Morgan fingerprint density at radius 2 is 1.98 bits per heavy atom. The molecule has 214 valence electrons. The van der Waals surface area contributed by atoms with Crippen LogP contribution in [0.15, 0.2) is 48.8 Å². The molecular formula is C28H32N8O5. The first-order chi connectivity index (χ1) is 19.7. The lowest BCUT2D eigenvalue weighted by Crippen LogP contribution is -2.49. The monoisotopic (exact) mass is 560 g/mol. The number of nitrogens with one attached hydrogen (secondary N) is 3. The number of aromatic amines is 1. The summed E-state index contributed by atoms with van der Waals surface area (Å²) in [7, 11) is 7.17. The van der Waals surface area contributed by atoms with Crippen LogP contribution in [0, 0.1) is 10.1 Å². The van der Waals surface area contributed by atoms with Gasteiger partial charge in [0.25, 0.3) is 5.69 Å². The average Bonchev–Trinajstić information content (AvgIpc) is 3.37. The summed E-state index contributed by atoms with van der Waals surface area (Å²) in [6, 6.07) is 10.7. The molecule has 0 amide bonds. The van der Waals surface area contributed by atoms with Gasteiger partial charge in [-0.1, -0.05) is 18.2 Å². The number of para-hydroxylation sites is 1. The smallest absolute Gasteiger partial charge is 0.342 e. The summed E-state index contributed by atoms with van der Waals surface area (Å²) in [4.78, 5) is 40.8. The Morgan fingerprint density at radius 3 is 2.66 bits per heavy atom. The first kappa shape index (κ1) is 27.8. The normalized spacial score (nSPS) is 13.2. The first-order valence-electron chi connectivity index (χ1n) is 13.1. The molecule has 4 aromatic rings. The Hall–Kier alpha value is -4.75. The number of hydrogen-bond donors (Lipinski definition) is 3. The Labute approximate surface area is 236 Å². The van der Waals surface area contributed by atoms with Crippen LogP contribution in [-0.2, 0) is 4.74 Å². The Morgan fingerprint density at radius 1 is 1.20 bits per heavy atom. The number of esters is 1. The third-order valence-electron chi connectivity index (χ3n) is 6.90. The van der Waals surface area contributed by atoms with E-state index in [1.807, 2.05) is 48.2 Å². The largest absolute Gasteiger partial charge is 0.494 e. The number of anilines is 3. The number of methoxy groups -OCH3 is 1. The van der Waals surface area contributed by atoms with Crippen molar-refractivity contribution in [2.45, 2.75) is 6.10 Å². The number of hydrogen-bond acceptors (Lipinski definition) is 11.